The second kappa shape index (κ2) is 10.1. The normalized spacial score (nSPS) is 9.31. The molecule has 0 atom stereocenters. The Hall–Kier alpha value is -1.41. The molecule has 0 bridgehead atoms. The molecule has 0 aromatic carbocycles. The van der Waals surface area contributed by atoms with E-state index in [1.54, 1.807) is 6.92 Å². The number of unbranched alkanes of at least 4 members (excludes halogenated alkanes) is 4. The fraction of sp³-hybridized carbons (Fsp3) is 0.667. The Morgan fingerprint density at radius 1 is 1.25 bits per heavy atom. The van der Waals surface area contributed by atoms with Gasteiger partial charge in [0.2, 0.25) is 6.08 Å². The molecule has 16 heavy (non-hydrogen) atoms. The number of hydrogen-bond donors (Lipinski definition) is 0. The van der Waals surface area contributed by atoms with Crippen molar-refractivity contribution in [2.24, 2.45) is 4.99 Å². The Kier molecular flexibility index (Phi) is 9.23. The number of carbonyl (C=O) groups excluding carboxylic acids is 2. The molecule has 0 fully saturated rings. The van der Waals surface area contributed by atoms with Crippen LogP contribution in [-0.2, 0) is 14.3 Å². The molecular weight excluding hydrogens is 206 g/mol. The lowest BCUT2D eigenvalue weighted by atomic mass is 10.1. The number of nitrogens with zero attached hydrogens (tertiary/aromatic N) is 1. The van der Waals surface area contributed by atoms with Crippen LogP contribution < -0.4 is 0 Å². The average molecular weight is 225 g/mol. The third kappa shape index (κ3) is 9.16. The van der Waals surface area contributed by atoms with E-state index >= 15 is 0 Å². The van der Waals surface area contributed by atoms with Gasteiger partial charge in [-0.25, -0.2) is 14.6 Å². The first-order valence-electron chi connectivity index (χ1n) is 5.54. The number of aliphatic imine (C=N–C) groups is 1. The van der Waals surface area contributed by atoms with Crippen LogP contribution >= 0.6 is 0 Å². The highest BCUT2D eigenvalue weighted by molar-refractivity contribution is 5.86. The summed E-state index contributed by atoms with van der Waals surface area (Å²) in [5, 5.41) is 0. The van der Waals surface area contributed by atoms with E-state index in [2.05, 4.69) is 11.6 Å². The summed E-state index contributed by atoms with van der Waals surface area (Å²) < 4.78 is 4.94. The SMILES string of the molecule is C=C(C)C(=O)OCCCCCCCN=C=O. The Bertz CT molecular complexity index is 267. The second-order valence-electron chi connectivity index (χ2n) is 3.66. The number of carbonyl (C=O) groups is 1. The third-order valence-electron chi connectivity index (χ3n) is 2.06. The van der Waals surface area contributed by atoms with Crippen LogP contribution in [0, 0.1) is 0 Å². The van der Waals surface area contributed by atoms with Crippen LogP contribution in [0.3, 0.4) is 0 Å². The molecule has 4 heteroatoms. The molecule has 0 N–H and O–H groups in total. The molecule has 0 radical (unpaired) electrons. The van der Waals surface area contributed by atoms with Crippen molar-refractivity contribution >= 4 is 12.0 Å². The molecule has 0 unspecified atom stereocenters. The predicted octanol–water partition coefficient (Wildman–Crippen LogP) is 2.39. The molecule has 0 aliphatic heterocycles. The van der Waals surface area contributed by atoms with Crippen LogP contribution in [0.2, 0.25) is 0 Å². The quantitative estimate of drug-likeness (QED) is 0.199. The molecule has 0 saturated carbocycles. The first-order valence-corrected chi connectivity index (χ1v) is 5.54. The third-order valence-corrected chi connectivity index (χ3v) is 2.06. The van der Waals surface area contributed by atoms with Crippen LogP contribution in [0.4, 0.5) is 0 Å². The molecule has 0 aliphatic carbocycles. The van der Waals surface area contributed by atoms with Gasteiger partial charge in [-0.05, 0) is 19.8 Å². The molecule has 4 nitrogen and oxygen atoms in total. The number of rotatable bonds is 9. The van der Waals surface area contributed by atoms with Crippen LogP contribution in [0.25, 0.3) is 0 Å². The lowest BCUT2D eigenvalue weighted by Gasteiger charge is -2.03. The minimum Gasteiger partial charge on any atom is -0.462 e. The standard InChI is InChI=1S/C12H19NO3/c1-11(2)12(15)16-9-7-5-3-4-6-8-13-10-14/h1,3-9H2,2H3. The fourth-order valence-corrected chi connectivity index (χ4v) is 1.16. The van der Waals surface area contributed by atoms with Gasteiger partial charge in [0.05, 0.1) is 13.2 Å². The number of isocyanates is 1. The van der Waals surface area contributed by atoms with Gasteiger partial charge in [0.1, 0.15) is 0 Å². The molecule has 0 rings (SSSR count). The van der Waals surface area contributed by atoms with Crippen molar-refractivity contribution in [1.29, 1.82) is 0 Å². The molecule has 0 aromatic heterocycles. The summed E-state index contributed by atoms with van der Waals surface area (Å²) in [6.07, 6.45) is 6.43. The highest BCUT2D eigenvalue weighted by Crippen LogP contribution is 2.04. The van der Waals surface area contributed by atoms with Crippen molar-refractivity contribution < 1.29 is 14.3 Å². The minimum absolute atomic E-state index is 0.319. The lowest BCUT2D eigenvalue weighted by Crippen LogP contribution is -2.05. The largest absolute Gasteiger partial charge is 0.462 e. The first-order chi connectivity index (χ1) is 7.68. The molecule has 0 amide bonds. The summed E-state index contributed by atoms with van der Waals surface area (Å²) in [7, 11) is 0. The highest BCUT2D eigenvalue weighted by Gasteiger charge is 2.01. The minimum atomic E-state index is -0.319. The number of esters is 1. The van der Waals surface area contributed by atoms with Crippen molar-refractivity contribution in [2.45, 2.75) is 39.0 Å². The summed E-state index contributed by atoms with van der Waals surface area (Å²) in [6.45, 7) is 6.15. The van der Waals surface area contributed by atoms with Crippen molar-refractivity contribution in [3.8, 4) is 0 Å². The van der Waals surface area contributed by atoms with Gasteiger partial charge in [-0.3, -0.25) is 0 Å². The van der Waals surface area contributed by atoms with E-state index in [1.165, 1.54) is 6.08 Å². The number of hydrogen-bond acceptors (Lipinski definition) is 4. The molecule has 0 heterocycles. The van der Waals surface area contributed by atoms with Crippen LogP contribution in [0.1, 0.15) is 39.0 Å². The molecular formula is C12H19NO3. The van der Waals surface area contributed by atoms with Gasteiger partial charge in [-0.1, -0.05) is 25.8 Å². The summed E-state index contributed by atoms with van der Waals surface area (Å²) in [4.78, 5) is 24.2. The van der Waals surface area contributed by atoms with E-state index in [0.29, 0.717) is 18.7 Å². The number of ether oxygens (including phenoxy) is 1. The van der Waals surface area contributed by atoms with Crippen LogP contribution in [-0.4, -0.2) is 25.2 Å². The van der Waals surface area contributed by atoms with E-state index in [9.17, 15) is 9.59 Å². The molecule has 0 spiro atoms. The maximum absolute atomic E-state index is 11.0. The summed E-state index contributed by atoms with van der Waals surface area (Å²) in [6, 6.07) is 0. The highest BCUT2D eigenvalue weighted by atomic mass is 16.5. The Morgan fingerprint density at radius 2 is 1.88 bits per heavy atom. The zero-order valence-corrected chi connectivity index (χ0v) is 9.83. The Labute approximate surface area is 96.4 Å². The van der Waals surface area contributed by atoms with Gasteiger partial charge in [-0.15, -0.1) is 0 Å². The smallest absolute Gasteiger partial charge is 0.333 e. The zero-order valence-electron chi connectivity index (χ0n) is 9.83. The second-order valence-corrected chi connectivity index (χ2v) is 3.66. The monoisotopic (exact) mass is 225 g/mol. The molecule has 0 aromatic rings. The van der Waals surface area contributed by atoms with Gasteiger partial charge in [0.15, 0.2) is 0 Å². The average Bonchev–Trinajstić information content (AvgIpc) is 2.26. The van der Waals surface area contributed by atoms with Gasteiger partial charge in [0.25, 0.3) is 0 Å². The Morgan fingerprint density at radius 3 is 2.50 bits per heavy atom. The Balaban J connectivity index is 3.18. The van der Waals surface area contributed by atoms with Gasteiger partial charge in [-0.2, -0.15) is 0 Å². The van der Waals surface area contributed by atoms with Crippen molar-refractivity contribution in [3.63, 3.8) is 0 Å². The topological polar surface area (TPSA) is 55.7 Å². The van der Waals surface area contributed by atoms with E-state index in [4.69, 9.17) is 4.74 Å². The summed E-state index contributed by atoms with van der Waals surface area (Å²) in [5.74, 6) is -0.319. The van der Waals surface area contributed by atoms with Gasteiger partial charge >= 0.3 is 5.97 Å². The zero-order chi connectivity index (χ0) is 12.2. The summed E-state index contributed by atoms with van der Waals surface area (Å²) in [5.41, 5.74) is 0.437. The van der Waals surface area contributed by atoms with E-state index < -0.39 is 0 Å². The van der Waals surface area contributed by atoms with Crippen molar-refractivity contribution in [2.75, 3.05) is 13.2 Å². The molecule has 90 valence electrons. The maximum atomic E-state index is 11.0. The lowest BCUT2D eigenvalue weighted by molar-refractivity contribution is -0.139. The van der Waals surface area contributed by atoms with E-state index in [0.717, 1.165) is 32.1 Å². The van der Waals surface area contributed by atoms with Crippen molar-refractivity contribution in [3.05, 3.63) is 12.2 Å². The fourth-order valence-electron chi connectivity index (χ4n) is 1.16. The van der Waals surface area contributed by atoms with Crippen LogP contribution in [0.5, 0.6) is 0 Å². The molecule has 0 aliphatic rings. The van der Waals surface area contributed by atoms with Crippen LogP contribution in [0.15, 0.2) is 17.1 Å². The van der Waals surface area contributed by atoms with Crippen molar-refractivity contribution in [1.82, 2.24) is 0 Å². The molecule has 0 saturated heterocycles. The predicted molar refractivity (Wildman–Crippen MR) is 61.8 cm³/mol. The summed E-state index contributed by atoms with van der Waals surface area (Å²) >= 11 is 0. The van der Waals surface area contributed by atoms with E-state index in [1.807, 2.05) is 0 Å². The maximum Gasteiger partial charge on any atom is 0.333 e. The first kappa shape index (κ1) is 14.6. The van der Waals surface area contributed by atoms with Gasteiger partial charge in [0, 0.05) is 5.57 Å². The van der Waals surface area contributed by atoms with E-state index in [-0.39, 0.29) is 5.97 Å². The van der Waals surface area contributed by atoms with Gasteiger partial charge < -0.3 is 4.74 Å².